The molecule has 0 saturated heterocycles. The zero-order valence-corrected chi connectivity index (χ0v) is 16.5. The van der Waals surface area contributed by atoms with E-state index in [1.807, 2.05) is 0 Å². The number of nitrogens with zero attached hydrogens (tertiary/aromatic N) is 2. The first-order valence-electron chi connectivity index (χ1n) is 8.17. The molecule has 0 aliphatic rings. The van der Waals surface area contributed by atoms with E-state index in [9.17, 15) is 0 Å². The molecule has 0 amide bonds. The van der Waals surface area contributed by atoms with Crippen molar-refractivity contribution in [1.82, 2.24) is 0 Å². The number of rotatable bonds is 4. The maximum absolute atomic E-state index is 2.43. The summed E-state index contributed by atoms with van der Waals surface area (Å²) in [6.07, 6.45) is 3.25. The quantitative estimate of drug-likeness (QED) is 0.411. The van der Waals surface area contributed by atoms with Crippen LogP contribution in [-0.2, 0) is 6.42 Å². The molecule has 0 atom stereocenters. The van der Waals surface area contributed by atoms with Crippen molar-refractivity contribution in [1.29, 1.82) is 0 Å². The van der Waals surface area contributed by atoms with Crippen molar-refractivity contribution >= 4 is 49.0 Å². The van der Waals surface area contributed by atoms with Crippen molar-refractivity contribution < 1.29 is 4.57 Å². The highest BCUT2D eigenvalue weighted by atomic mass is 127. The van der Waals surface area contributed by atoms with E-state index in [0.717, 1.165) is 6.42 Å². The van der Waals surface area contributed by atoms with E-state index >= 15 is 0 Å². The first-order valence-corrected chi connectivity index (χ1v) is 9.25. The van der Waals surface area contributed by atoms with Crippen molar-refractivity contribution in [2.24, 2.45) is 0 Å². The molecule has 2 nitrogen and oxygen atoms in total. The lowest BCUT2D eigenvalue weighted by Gasteiger charge is -2.12. The maximum atomic E-state index is 2.43. The fraction of sp³-hybridized carbons (Fsp3) is 0.190. The summed E-state index contributed by atoms with van der Waals surface area (Å²) < 4.78 is 3.55. The summed E-state index contributed by atoms with van der Waals surface area (Å²) in [6, 6.07) is 21.7. The number of hydrogen-bond donors (Lipinski definition) is 0. The topological polar surface area (TPSA) is 7.12 Å². The number of aromatic nitrogens is 1. The molecule has 0 radical (unpaired) electrons. The SMILES string of the molecule is CCc1ccc2ccccc2[n+]1C=C(I)c1ccc(N(C)C)cc1. The molecule has 3 rings (SSSR count). The Labute approximate surface area is 157 Å². The molecule has 1 heterocycles. The number of benzene rings is 2. The zero-order valence-electron chi connectivity index (χ0n) is 14.3. The van der Waals surface area contributed by atoms with E-state index in [1.165, 1.54) is 31.4 Å². The first kappa shape index (κ1) is 17.0. The van der Waals surface area contributed by atoms with Crippen LogP contribution in [0, 0.1) is 0 Å². The maximum Gasteiger partial charge on any atom is 0.218 e. The molecule has 122 valence electrons. The van der Waals surface area contributed by atoms with Crippen LogP contribution in [0.15, 0.2) is 60.7 Å². The number of aryl methyl sites for hydroxylation is 1. The molecule has 24 heavy (non-hydrogen) atoms. The molecule has 0 aliphatic heterocycles. The van der Waals surface area contributed by atoms with Gasteiger partial charge in [0.25, 0.3) is 0 Å². The highest BCUT2D eigenvalue weighted by Gasteiger charge is 2.13. The van der Waals surface area contributed by atoms with Gasteiger partial charge in [0.2, 0.25) is 5.52 Å². The van der Waals surface area contributed by atoms with Gasteiger partial charge in [-0.1, -0.05) is 31.2 Å². The second-order valence-electron chi connectivity index (χ2n) is 6.03. The predicted octanol–water partition coefficient (Wildman–Crippen LogP) is 5.15. The number of hydrogen-bond acceptors (Lipinski definition) is 1. The Kier molecular flexibility index (Phi) is 5.19. The van der Waals surface area contributed by atoms with E-state index in [0.29, 0.717) is 0 Å². The lowest BCUT2D eigenvalue weighted by Crippen LogP contribution is -2.32. The molecule has 3 heteroatoms. The molecule has 1 aromatic heterocycles. The molecule has 0 unspecified atom stereocenters. The van der Waals surface area contributed by atoms with E-state index < -0.39 is 0 Å². The molecule has 2 aromatic carbocycles. The highest BCUT2D eigenvalue weighted by Crippen LogP contribution is 2.24. The van der Waals surface area contributed by atoms with E-state index in [-0.39, 0.29) is 0 Å². The monoisotopic (exact) mass is 429 g/mol. The summed E-state index contributed by atoms with van der Waals surface area (Å²) in [5.41, 5.74) is 5.02. The average Bonchev–Trinajstić information content (AvgIpc) is 2.62. The zero-order chi connectivity index (χ0) is 17.1. The van der Waals surface area contributed by atoms with Crippen LogP contribution < -0.4 is 9.47 Å². The van der Waals surface area contributed by atoms with Gasteiger partial charge in [-0.15, -0.1) is 0 Å². The highest BCUT2D eigenvalue weighted by molar-refractivity contribution is 14.1. The summed E-state index contributed by atoms with van der Waals surface area (Å²) in [5, 5.41) is 1.26. The van der Waals surface area contributed by atoms with Crippen molar-refractivity contribution in [3.8, 4) is 0 Å². The smallest absolute Gasteiger partial charge is 0.218 e. The molecule has 0 aliphatic carbocycles. The first-order chi connectivity index (χ1) is 11.6. The Hall–Kier alpha value is -1.88. The molecule has 0 N–H and O–H groups in total. The van der Waals surface area contributed by atoms with Crippen molar-refractivity contribution in [3.05, 3.63) is 71.9 Å². The van der Waals surface area contributed by atoms with Gasteiger partial charge in [0.05, 0.1) is 3.58 Å². The minimum atomic E-state index is 1.00. The third-order valence-electron chi connectivity index (χ3n) is 4.23. The van der Waals surface area contributed by atoms with Gasteiger partial charge >= 0.3 is 0 Å². The fourth-order valence-corrected chi connectivity index (χ4v) is 3.45. The standard InChI is InChI=1S/C21H22IN2/c1-4-18-12-11-17-7-5-6-8-21(17)24(18)15-20(22)16-9-13-19(14-10-16)23(2)3/h5-15H,4H2,1-3H3/q+1. The van der Waals surface area contributed by atoms with Crippen LogP contribution in [-0.4, -0.2) is 14.1 Å². The second-order valence-corrected chi connectivity index (χ2v) is 7.19. The molecular weight excluding hydrogens is 407 g/mol. The van der Waals surface area contributed by atoms with E-state index in [1.54, 1.807) is 0 Å². The normalized spacial score (nSPS) is 11.8. The van der Waals surface area contributed by atoms with E-state index in [2.05, 4.69) is 120 Å². The minimum Gasteiger partial charge on any atom is -0.378 e. The van der Waals surface area contributed by atoms with Crippen LogP contribution in [0.25, 0.3) is 20.7 Å². The lowest BCUT2D eigenvalue weighted by atomic mass is 10.1. The number of para-hydroxylation sites is 1. The van der Waals surface area contributed by atoms with Gasteiger partial charge in [0, 0.05) is 43.7 Å². The van der Waals surface area contributed by atoms with Crippen LogP contribution in [0.2, 0.25) is 0 Å². The van der Waals surface area contributed by atoms with Crippen LogP contribution in [0.5, 0.6) is 0 Å². The number of anilines is 1. The summed E-state index contributed by atoms with van der Waals surface area (Å²) in [5.74, 6) is 0. The minimum absolute atomic E-state index is 1.00. The Morgan fingerprint density at radius 3 is 2.38 bits per heavy atom. The van der Waals surface area contributed by atoms with Gasteiger partial charge in [-0.3, -0.25) is 0 Å². The second kappa shape index (κ2) is 7.34. The molecule has 0 bridgehead atoms. The summed E-state index contributed by atoms with van der Waals surface area (Å²) in [6.45, 7) is 2.20. The van der Waals surface area contributed by atoms with Crippen LogP contribution >= 0.6 is 22.6 Å². The third kappa shape index (κ3) is 3.46. The molecule has 0 saturated carbocycles. The Morgan fingerprint density at radius 2 is 1.71 bits per heavy atom. The number of pyridine rings is 1. The van der Waals surface area contributed by atoms with Crippen LogP contribution in [0.1, 0.15) is 18.2 Å². The van der Waals surface area contributed by atoms with E-state index in [4.69, 9.17) is 0 Å². The molecule has 3 aromatic rings. The average molecular weight is 429 g/mol. The van der Waals surface area contributed by atoms with Crippen molar-refractivity contribution in [3.63, 3.8) is 0 Å². The Morgan fingerprint density at radius 1 is 1.00 bits per heavy atom. The Balaban J connectivity index is 2.08. The lowest BCUT2D eigenvalue weighted by molar-refractivity contribution is -0.547. The van der Waals surface area contributed by atoms with Crippen LogP contribution in [0.4, 0.5) is 5.69 Å². The van der Waals surface area contributed by atoms with Gasteiger partial charge in [0.15, 0.2) is 11.9 Å². The summed E-state index contributed by atoms with van der Waals surface area (Å²) in [7, 11) is 4.13. The van der Waals surface area contributed by atoms with Gasteiger partial charge in [-0.2, -0.15) is 4.57 Å². The Bertz CT molecular complexity index is 880. The molecule has 0 fully saturated rings. The van der Waals surface area contributed by atoms with Crippen LogP contribution in [0.3, 0.4) is 0 Å². The molecule has 0 spiro atoms. The summed E-state index contributed by atoms with van der Waals surface area (Å²) >= 11 is 2.43. The van der Waals surface area contributed by atoms with Crippen molar-refractivity contribution in [2.45, 2.75) is 13.3 Å². The summed E-state index contributed by atoms with van der Waals surface area (Å²) in [4.78, 5) is 2.12. The number of fused-ring (bicyclic) bond motifs is 1. The van der Waals surface area contributed by atoms with Gasteiger partial charge in [-0.05, 0) is 52.4 Å². The fourth-order valence-electron chi connectivity index (χ4n) is 2.82. The van der Waals surface area contributed by atoms with Gasteiger partial charge in [-0.25, -0.2) is 0 Å². The largest absolute Gasteiger partial charge is 0.378 e. The van der Waals surface area contributed by atoms with Gasteiger partial charge in [0.1, 0.15) is 0 Å². The van der Waals surface area contributed by atoms with Crippen molar-refractivity contribution in [2.75, 3.05) is 19.0 Å². The number of halogens is 1. The molecular formula is C21H22IN2+. The van der Waals surface area contributed by atoms with Gasteiger partial charge < -0.3 is 4.90 Å². The third-order valence-corrected chi connectivity index (χ3v) is 5.13. The predicted molar refractivity (Wildman–Crippen MR) is 112 cm³/mol.